The van der Waals surface area contributed by atoms with Gasteiger partial charge in [0.2, 0.25) is 0 Å². The molecule has 2 aliphatic rings. The van der Waals surface area contributed by atoms with Gasteiger partial charge < -0.3 is 5.32 Å². The second-order valence-electron chi connectivity index (χ2n) is 6.34. The molecule has 19 heavy (non-hydrogen) atoms. The molecule has 3 rings (SSSR count). The van der Waals surface area contributed by atoms with Gasteiger partial charge in [0.05, 0.1) is 0 Å². The van der Waals surface area contributed by atoms with Crippen molar-refractivity contribution in [3.8, 4) is 0 Å². The van der Waals surface area contributed by atoms with Crippen LogP contribution in [0.5, 0.6) is 0 Å². The molecule has 0 spiro atoms. The Hall–Kier alpha value is -0.900. The molecule has 2 saturated carbocycles. The van der Waals surface area contributed by atoms with Crippen molar-refractivity contribution in [1.29, 1.82) is 0 Å². The van der Waals surface area contributed by atoms with E-state index in [1.54, 1.807) is 6.33 Å². The minimum atomic E-state index is 0.789. The maximum Gasteiger partial charge on any atom is 0.138 e. The Morgan fingerprint density at radius 1 is 1.16 bits per heavy atom. The summed E-state index contributed by atoms with van der Waals surface area (Å²) in [7, 11) is 2.01. The van der Waals surface area contributed by atoms with Crippen LogP contribution >= 0.6 is 0 Å². The maximum atomic E-state index is 4.41. The first-order valence-corrected chi connectivity index (χ1v) is 7.89. The van der Waals surface area contributed by atoms with Crippen molar-refractivity contribution in [1.82, 2.24) is 20.1 Å². The summed E-state index contributed by atoms with van der Waals surface area (Å²) >= 11 is 0. The number of hydrogen-bond donors (Lipinski definition) is 1. The van der Waals surface area contributed by atoms with E-state index in [4.69, 9.17) is 0 Å². The zero-order valence-corrected chi connectivity index (χ0v) is 12.0. The molecule has 0 saturated heterocycles. The fourth-order valence-corrected chi connectivity index (χ4v) is 3.34. The number of nitrogens with one attached hydrogen (secondary N) is 1. The van der Waals surface area contributed by atoms with E-state index in [-0.39, 0.29) is 0 Å². The lowest BCUT2D eigenvalue weighted by atomic mass is 9.85. The van der Waals surface area contributed by atoms with Crippen LogP contribution in [0.4, 0.5) is 0 Å². The second-order valence-corrected chi connectivity index (χ2v) is 6.34. The van der Waals surface area contributed by atoms with E-state index in [2.05, 4.69) is 15.4 Å². The van der Waals surface area contributed by atoms with Crippen molar-refractivity contribution in [3.05, 3.63) is 12.2 Å². The van der Waals surface area contributed by atoms with Crippen LogP contribution in [0.15, 0.2) is 6.33 Å². The Balaban J connectivity index is 1.61. The molecule has 2 atom stereocenters. The number of hydrogen-bond acceptors (Lipinski definition) is 3. The first-order valence-electron chi connectivity index (χ1n) is 7.89. The Kier molecular flexibility index (Phi) is 4.16. The first-order chi connectivity index (χ1) is 9.33. The van der Waals surface area contributed by atoms with Crippen LogP contribution in [0.25, 0.3) is 0 Å². The van der Waals surface area contributed by atoms with E-state index in [0.29, 0.717) is 0 Å². The summed E-state index contributed by atoms with van der Waals surface area (Å²) in [6.45, 7) is 1.22. The highest BCUT2D eigenvalue weighted by atomic mass is 15.3. The summed E-state index contributed by atoms with van der Waals surface area (Å²) in [6, 6.07) is 0.832. The van der Waals surface area contributed by atoms with Crippen LogP contribution in [0, 0.1) is 11.8 Å². The van der Waals surface area contributed by atoms with Crippen LogP contribution in [-0.4, -0.2) is 27.4 Å². The molecule has 1 aromatic heterocycles. The molecule has 1 aromatic rings. The summed E-state index contributed by atoms with van der Waals surface area (Å²) in [5.41, 5.74) is 0. The summed E-state index contributed by atoms with van der Waals surface area (Å²) in [6.07, 6.45) is 12.5. The third-order valence-electron chi connectivity index (χ3n) is 4.81. The van der Waals surface area contributed by atoms with Gasteiger partial charge in [0, 0.05) is 19.5 Å². The first kappa shape index (κ1) is 13.1. The molecule has 106 valence electrons. The van der Waals surface area contributed by atoms with Crippen molar-refractivity contribution >= 4 is 0 Å². The normalized spacial score (nSPS) is 28.3. The standard InChI is InChI=1S/C15H26N4/c1-19-15(17-11-18-19)9-12-5-3-2-4-6-13(12)10-16-14-7-8-14/h11-14,16H,2-10H2,1H3. The molecule has 4 nitrogen and oxygen atoms in total. The summed E-state index contributed by atoms with van der Waals surface area (Å²) in [5.74, 6) is 2.78. The van der Waals surface area contributed by atoms with Crippen molar-refractivity contribution in [3.63, 3.8) is 0 Å². The van der Waals surface area contributed by atoms with Gasteiger partial charge >= 0.3 is 0 Å². The zero-order chi connectivity index (χ0) is 13.1. The van der Waals surface area contributed by atoms with E-state index in [1.807, 2.05) is 11.7 Å². The minimum Gasteiger partial charge on any atom is -0.314 e. The Bertz CT molecular complexity index is 397. The number of rotatable bonds is 5. The summed E-state index contributed by atoms with van der Waals surface area (Å²) in [4.78, 5) is 4.41. The maximum absolute atomic E-state index is 4.41. The largest absolute Gasteiger partial charge is 0.314 e. The van der Waals surface area contributed by atoms with Crippen molar-refractivity contribution in [2.24, 2.45) is 18.9 Å². The molecular weight excluding hydrogens is 236 g/mol. The Morgan fingerprint density at radius 3 is 2.63 bits per heavy atom. The molecular formula is C15H26N4. The lowest BCUT2D eigenvalue weighted by Crippen LogP contribution is -2.30. The SMILES string of the molecule is Cn1ncnc1CC1CCCCCC1CNC1CC1. The second kappa shape index (κ2) is 6.04. The lowest BCUT2D eigenvalue weighted by molar-refractivity contribution is 0.290. The van der Waals surface area contributed by atoms with E-state index in [1.165, 1.54) is 51.5 Å². The molecule has 0 aromatic carbocycles. The van der Waals surface area contributed by atoms with Crippen LogP contribution < -0.4 is 5.32 Å². The van der Waals surface area contributed by atoms with Crippen molar-refractivity contribution < 1.29 is 0 Å². The molecule has 0 bridgehead atoms. The number of aromatic nitrogens is 3. The predicted molar refractivity (Wildman–Crippen MR) is 75.8 cm³/mol. The molecule has 1 N–H and O–H groups in total. The highest BCUT2D eigenvalue weighted by Gasteiger charge is 2.28. The molecule has 2 fully saturated rings. The zero-order valence-electron chi connectivity index (χ0n) is 12.0. The molecule has 0 radical (unpaired) electrons. The average Bonchev–Trinajstić information content (AvgIpc) is 3.17. The topological polar surface area (TPSA) is 42.7 Å². The van der Waals surface area contributed by atoms with Crippen LogP contribution in [0.3, 0.4) is 0 Å². The van der Waals surface area contributed by atoms with Crippen LogP contribution in [0.1, 0.15) is 50.8 Å². The van der Waals surface area contributed by atoms with E-state index in [0.717, 1.165) is 30.1 Å². The lowest BCUT2D eigenvalue weighted by Gasteiger charge is -2.25. The van der Waals surface area contributed by atoms with Gasteiger partial charge in [-0.1, -0.05) is 19.3 Å². The molecule has 1 heterocycles. The molecule has 2 aliphatic carbocycles. The van der Waals surface area contributed by atoms with E-state index < -0.39 is 0 Å². The average molecular weight is 262 g/mol. The van der Waals surface area contributed by atoms with Gasteiger partial charge in [-0.2, -0.15) is 5.10 Å². The third-order valence-corrected chi connectivity index (χ3v) is 4.81. The molecule has 4 heteroatoms. The van der Waals surface area contributed by atoms with Gasteiger partial charge in [-0.15, -0.1) is 0 Å². The van der Waals surface area contributed by atoms with E-state index in [9.17, 15) is 0 Å². The Labute approximate surface area is 116 Å². The fraction of sp³-hybridized carbons (Fsp3) is 0.867. The summed E-state index contributed by atoms with van der Waals surface area (Å²) in [5, 5.41) is 7.94. The number of aryl methyl sites for hydroxylation is 1. The van der Waals surface area contributed by atoms with Gasteiger partial charge in [-0.25, -0.2) is 4.98 Å². The van der Waals surface area contributed by atoms with Crippen molar-refractivity contribution in [2.45, 2.75) is 57.4 Å². The van der Waals surface area contributed by atoms with Gasteiger partial charge in [-0.05, 0) is 44.1 Å². The highest BCUT2D eigenvalue weighted by molar-refractivity contribution is 4.91. The molecule has 0 aliphatic heterocycles. The van der Waals surface area contributed by atoms with Crippen molar-refractivity contribution in [2.75, 3.05) is 6.54 Å². The third kappa shape index (κ3) is 3.56. The highest BCUT2D eigenvalue weighted by Crippen LogP contribution is 2.31. The van der Waals surface area contributed by atoms with Gasteiger partial charge in [-0.3, -0.25) is 4.68 Å². The monoisotopic (exact) mass is 262 g/mol. The quantitative estimate of drug-likeness (QED) is 0.828. The van der Waals surface area contributed by atoms with Crippen LogP contribution in [0.2, 0.25) is 0 Å². The molecule has 2 unspecified atom stereocenters. The van der Waals surface area contributed by atoms with Crippen LogP contribution in [-0.2, 0) is 13.5 Å². The van der Waals surface area contributed by atoms with Gasteiger partial charge in [0.15, 0.2) is 0 Å². The molecule has 0 amide bonds. The van der Waals surface area contributed by atoms with E-state index >= 15 is 0 Å². The number of nitrogens with zero attached hydrogens (tertiary/aromatic N) is 3. The summed E-state index contributed by atoms with van der Waals surface area (Å²) < 4.78 is 1.94. The fourth-order valence-electron chi connectivity index (χ4n) is 3.34. The van der Waals surface area contributed by atoms with Gasteiger partial charge in [0.1, 0.15) is 12.2 Å². The minimum absolute atomic E-state index is 0.789. The van der Waals surface area contributed by atoms with Gasteiger partial charge in [0.25, 0.3) is 0 Å². The smallest absolute Gasteiger partial charge is 0.138 e. The Morgan fingerprint density at radius 2 is 1.95 bits per heavy atom. The predicted octanol–water partition coefficient (Wildman–Crippen LogP) is 2.31.